The lowest BCUT2D eigenvalue weighted by molar-refractivity contribution is 0.0543. The van der Waals surface area contributed by atoms with Crippen LogP contribution >= 0.6 is 0 Å². The lowest BCUT2D eigenvalue weighted by Gasteiger charge is -2.41. The van der Waals surface area contributed by atoms with Crippen molar-refractivity contribution in [1.29, 1.82) is 0 Å². The number of aromatic hydroxyl groups is 1. The summed E-state index contributed by atoms with van der Waals surface area (Å²) < 4.78 is 5.16. The highest BCUT2D eigenvalue weighted by molar-refractivity contribution is 5.39. The van der Waals surface area contributed by atoms with E-state index in [9.17, 15) is 10.2 Å². The molecule has 0 bridgehead atoms. The molecule has 1 aliphatic rings. The zero-order chi connectivity index (χ0) is 19.8. The van der Waals surface area contributed by atoms with Gasteiger partial charge in [-0.2, -0.15) is 0 Å². The molecule has 0 aromatic heterocycles. The Bertz CT molecular complexity index is 723. The van der Waals surface area contributed by atoms with E-state index in [0.717, 1.165) is 57.5 Å². The Kier molecular flexibility index (Phi) is 7.71. The first-order valence-corrected chi connectivity index (χ1v) is 10.2. The fourth-order valence-corrected chi connectivity index (χ4v) is 3.99. The topological polar surface area (TPSA) is 56.2 Å². The van der Waals surface area contributed by atoms with E-state index in [-0.39, 0.29) is 12.4 Å². The van der Waals surface area contributed by atoms with Gasteiger partial charge in [0.15, 0.2) is 0 Å². The Morgan fingerprint density at radius 2 is 1.93 bits per heavy atom. The van der Waals surface area contributed by atoms with Crippen LogP contribution in [0.4, 0.5) is 0 Å². The summed E-state index contributed by atoms with van der Waals surface area (Å²) in [6.07, 6.45) is 3.01. The molecule has 5 nitrogen and oxygen atoms in total. The summed E-state index contributed by atoms with van der Waals surface area (Å²) in [5.41, 5.74) is 2.30. The van der Waals surface area contributed by atoms with Crippen LogP contribution in [-0.4, -0.2) is 66.0 Å². The minimum absolute atomic E-state index is 0.210. The normalized spacial score (nSPS) is 18.3. The number of aliphatic hydroxyl groups excluding tert-OH is 1. The molecule has 1 atom stereocenters. The van der Waals surface area contributed by atoms with E-state index in [1.165, 1.54) is 5.56 Å². The van der Waals surface area contributed by atoms with Crippen molar-refractivity contribution in [1.82, 2.24) is 9.80 Å². The number of aliphatic hydroxyl groups is 1. The smallest absolute Gasteiger partial charge is 0.123 e. The van der Waals surface area contributed by atoms with E-state index in [4.69, 9.17) is 4.74 Å². The van der Waals surface area contributed by atoms with Gasteiger partial charge in [0.25, 0.3) is 0 Å². The predicted molar refractivity (Wildman–Crippen MR) is 112 cm³/mol. The van der Waals surface area contributed by atoms with Crippen LogP contribution in [0, 0.1) is 0 Å². The first-order valence-electron chi connectivity index (χ1n) is 10.2. The number of phenolic OH excluding ortho intramolecular Hbond substituents is 1. The summed E-state index contributed by atoms with van der Waals surface area (Å²) in [5, 5.41) is 19.8. The number of ether oxygens (including phenoxy) is 1. The molecule has 1 saturated heterocycles. The molecule has 5 heteroatoms. The van der Waals surface area contributed by atoms with Crippen molar-refractivity contribution in [3.63, 3.8) is 0 Å². The van der Waals surface area contributed by atoms with Gasteiger partial charge >= 0.3 is 0 Å². The Labute approximate surface area is 168 Å². The minimum atomic E-state index is 0.210. The van der Waals surface area contributed by atoms with Crippen LogP contribution in [0.3, 0.4) is 0 Å². The van der Waals surface area contributed by atoms with Crippen molar-refractivity contribution in [3.05, 3.63) is 59.7 Å². The summed E-state index contributed by atoms with van der Waals surface area (Å²) in [7, 11) is 1.60. The molecule has 0 amide bonds. The molecular weight excluding hydrogens is 352 g/mol. The third-order valence-corrected chi connectivity index (χ3v) is 5.59. The van der Waals surface area contributed by atoms with Gasteiger partial charge in [0, 0.05) is 50.5 Å². The minimum Gasteiger partial charge on any atom is -0.507 e. The van der Waals surface area contributed by atoms with Crippen molar-refractivity contribution in [2.45, 2.75) is 31.8 Å². The van der Waals surface area contributed by atoms with Crippen molar-refractivity contribution in [3.8, 4) is 11.5 Å². The van der Waals surface area contributed by atoms with E-state index in [2.05, 4.69) is 40.1 Å². The van der Waals surface area contributed by atoms with Crippen LogP contribution < -0.4 is 4.74 Å². The van der Waals surface area contributed by atoms with E-state index < -0.39 is 0 Å². The quantitative estimate of drug-likeness (QED) is 0.696. The first kappa shape index (κ1) is 20.6. The van der Waals surface area contributed by atoms with Crippen molar-refractivity contribution < 1.29 is 14.9 Å². The summed E-state index contributed by atoms with van der Waals surface area (Å²) >= 11 is 0. The van der Waals surface area contributed by atoms with Gasteiger partial charge in [-0.05, 0) is 37.4 Å². The third kappa shape index (κ3) is 5.71. The van der Waals surface area contributed by atoms with Crippen LogP contribution in [0.15, 0.2) is 48.5 Å². The van der Waals surface area contributed by atoms with Gasteiger partial charge < -0.3 is 14.9 Å². The highest BCUT2D eigenvalue weighted by atomic mass is 16.5. The number of nitrogens with zero attached hydrogens (tertiary/aromatic N) is 2. The number of piperazine rings is 1. The van der Waals surface area contributed by atoms with Gasteiger partial charge in [-0.25, -0.2) is 0 Å². The summed E-state index contributed by atoms with van der Waals surface area (Å²) in [4.78, 5) is 4.89. The highest BCUT2D eigenvalue weighted by Crippen LogP contribution is 2.26. The largest absolute Gasteiger partial charge is 0.507 e. The molecular formula is C23H32N2O3. The molecule has 2 aromatic rings. The van der Waals surface area contributed by atoms with Crippen molar-refractivity contribution in [2.24, 2.45) is 0 Å². The molecule has 0 spiro atoms. The molecule has 1 heterocycles. The molecule has 1 aliphatic heterocycles. The van der Waals surface area contributed by atoms with Crippen molar-refractivity contribution in [2.75, 3.05) is 39.9 Å². The summed E-state index contributed by atoms with van der Waals surface area (Å²) in [5.74, 6) is 0.950. The number of benzene rings is 2. The second-order valence-electron chi connectivity index (χ2n) is 7.52. The zero-order valence-corrected chi connectivity index (χ0v) is 16.8. The standard InChI is InChI=1S/C23H32N2O3/c1-28-22-10-9-20(23(27)16-22)17-24-13-14-25(21(18-24)11-15-26)12-5-8-19-6-3-2-4-7-19/h2-4,6-7,9-10,16,21,26-27H,5,8,11-15,17-18H2,1H3. The van der Waals surface area contributed by atoms with Gasteiger partial charge in [-0.15, -0.1) is 0 Å². The van der Waals surface area contributed by atoms with E-state index in [1.807, 2.05) is 12.1 Å². The molecule has 152 valence electrons. The maximum atomic E-state index is 10.2. The Balaban J connectivity index is 1.53. The van der Waals surface area contributed by atoms with Gasteiger partial charge in [-0.1, -0.05) is 36.4 Å². The fraction of sp³-hybridized carbons (Fsp3) is 0.478. The SMILES string of the molecule is COc1ccc(CN2CCN(CCCc3ccccc3)C(CCO)C2)c(O)c1. The Hall–Kier alpha value is -2.08. The van der Waals surface area contributed by atoms with Gasteiger partial charge in [0.05, 0.1) is 7.11 Å². The molecule has 1 unspecified atom stereocenters. The molecule has 0 aliphatic carbocycles. The summed E-state index contributed by atoms with van der Waals surface area (Å²) in [6, 6.07) is 16.5. The number of hydrogen-bond acceptors (Lipinski definition) is 5. The predicted octanol–water partition coefficient (Wildman–Crippen LogP) is 2.90. The lowest BCUT2D eigenvalue weighted by atomic mass is 10.1. The van der Waals surface area contributed by atoms with Crippen LogP contribution in [-0.2, 0) is 13.0 Å². The highest BCUT2D eigenvalue weighted by Gasteiger charge is 2.26. The second kappa shape index (κ2) is 10.5. The lowest BCUT2D eigenvalue weighted by Crippen LogP contribution is -2.53. The number of methoxy groups -OCH3 is 1. The van der Waals surface area contributed by atoms with Gasteiger partial charge in [0.2, 0.25) is 0 Å². The maximum Gasteiger partial charge on any atom is 0.123 e. The second-order valence-corrected chi connectivity index (χ2v) is 7.52. The number of hydrogen-bond donors (Lipinski definition) is 2. The molecule has 2 aromatic carbocycles. The molecule has 3 rings (SSSR count). The third-order valence-electron chi connectivity index (χ3n) is 5.59. The zero-order valence-electron chi connectivity index (χ0n) is 16.8. The van der Waals surface area contributed by atoms with Crippen molar-refractivity contribution >= 4 is 0 Å². The molecule has 28 heavy (non-hydrogen) atoms. The van der Waals surface area contributed by atoms with Gasteiger partial charge in [0.1, 0.15) is 11.5 Å². The van der Waals surface area contributed by atoms with Crippen LogP contribution in [0.5, 0.6) is 11.5 Å². The monoisotopic (exact) mass is 384 g/mol. The number of aryl methyl sites for hydroxylation is 1. The van der Waals surface area contributed by atoms with E-state index in [1.54, 1.807) is 13.2 Å². The van der Waals surface area contributed by atoms with Crippen LogP contribution in [0.2, 0.25) is 0 Å². The molecule has 1 fully saturated rings. The maximum absolute atomic E-state index is 10.2. The van der Waals surface area contributed by atoms with E-state index >= 15 is 0 Å². The molecule has 0 radical (unpaired) electrons. The summed E-state index contributed by atoms with van der Waals surface area (Å²) in [6.45, 7) is 4.87. The average molecular weight is 385 g/mol. The molecule has 2 N–H and O–H groups in total. The van der Waals surface area contributed by atoms with Gasteiger partial charge in [-0.3, -0.25) is 9.80 Å². The number of rotatable bonds is 9. The van der Waals surface area contributed by atoms with E-state index in [0.29, 0.717) is 11.8 Å². The molecule has 0 saturated carbocycles. The van der Waals surface area contributed by atoms with Crippen LogP contribution in [0.25, 0.3) is 0 Å². The first-order chi connectivity index (χ1) is 13.7. The Morgan fingerprint density at radius 1 is 1.11 bits per heavy atom. The Morgan fingerprint density at radius 3 is 2.64 bits per heavy atom. The number of phenols is 1. The average Bonchev–Trinajstić information content (AvgIpc) is 2.72. The van der Waals surface area contributed by atoms with Crippen LogP contribution in [0.1, 0.15) is 24.0 Å². The fourth-order valence-electron chi connectivity index (χ4n) is 3.99.